The Kier molecular flexibility index (Phi) is 4.71. The van der Waals surface area contributed by atoms with Crippen molar-refractivity contribution < 1.29 is 19.4 Å². The second-order valence-corrected chi connectivity index (χ2v) is 7.68. The van der Waals surface area contributed by atoms with Gasteiger partial charge in [0.1, 0.15) is 12.2 Å². The molecule has 2 heterocycles. The first-order valence-electron chi connectivity index (χ1n) is 8.90. The quantitative estimate of drug-likeness (QED) is 0.319. The smallest absolute Gasteiger partial charge is 0.334 e. The molecule has 0 aromatic heterocycles. The van der Waals surface area contributed by atoms with Crippen LogP contribution in [0, 0.1) is 5.92 Å². The maximum absolute atomic E-state index is 12.0. The number of aliphatic hydroxyl groups is 1. The van der Waals surface area contributed by atoms with Gasteiger partial charge >= 0.3 is 5.97 Å². The number of fused-ring (bicyclic) bond motifs is 2. The molecule has 2 fully saturated rings. The first kappa shape index (κ1) is 17.4. The van der Waals surface area contributed by atoms with Gasteiger partial charge in [0.15, 0.2) is 0 Å². The third-order valence-corrected chi connectivity index (χ3v) is 5.77. The molecule has 5 atom stereocenters. The number of carbonyl (C=O) groups is 1. The average molecular weight is 332 g/mol. The van der Waals surface area contributed by atoms with Gasteiger partial charge in [-0.05, 0) is 58.4 Å². The maximum Gasteiger partial charge on any atom is 0.334 e. The number of esters is 1. The molecule has 2 aliphatic heterocycles. The summed E-state index contributed by atoms with van der Waals surface area (Å²) in [5, 5.41) is 10.7. The van der Waals surface area contributed by atoms with Crippen LogP contribution in [0.4, 0.5) is 0 Å². The molecule has 0 aromatic rings. The summed E-state index contributed by atoms with van der Waals surface area (Å²) in [6.07, 6.45) is 7.64. The summed E-state index contributed by atoms with van der Waals surface area (Å²) in [6, 6.07) is 0. The van der Waals surface area contributed by atoms with E-state index in [0.717, 1.165) is 31.3 Å². The van der Waals surface area contributed by atoms with Crippen LogP contribution < -0.4 is 0 Å². The third-order valence-electron chi connectivity index (χ3n) is 5.77. The lowest BCUT2D eigenvalue weighted by atomic mass is 9.84. The Bertz CT molecular complexity index is 603. The molecular weight excluding hydrogens is 304 g/mol. The van der Waals surface area contributed by atoms with Crippen molar-refractivity contribution in [1.29, 1.82) is 0 Å². The van der Waals surface area contributed by atoms with Crippen LogP contribution in [-0.4, -0.2) is 35.0 Å². The van der Waals surface area contributed by atoms with Crippen LogP contribution in [0.1, 0.15) is 52.9 Å². The van der Waals surface area contributed by atoms with Crippen LogP contribution in [0.5, 0.6) is 0 Å². The summed E-state index contributed by atoms with van der Waals surface area (Å²) in [5.74, 6) is -0.566. The highest BCUT2D eigenvalue weighted by atomic mass is 16.6. The zero-order chi connectivity index (χ0) is 17.5. The van der Waals surface area contributed by atoms with Gasteiger partial charge in [-0.3, -0.25) is 0 Å². The molecule has 1 N–H and O–H groups in total. The Morgan fingerprint density at radius 1 is 1.29 bits per heavy atom. The third kappa shape index (κ3) is 3.35. The predicted octanol–water partition coefficient (Wildman–Crippen LogP) is 3.46. The van der Waals surface area contributed by atoms with E-state index in [2.05, 4.69) is 32.6 Å². The first-order chi connectivity index (χ1) is 11.3. The highest BCUT2D eigenvalue weighted by Gasteiger charge is 2.55. The fraction of sp³-hybridized carbons (Fsp3) is 0.650. The van der Waals surface area contributed by atoms with E-state index in [0.29, 0.717) is 12.0 Å². The van der Waals surface area contributed by atoms with Gasteiger partial charge in [-0.15, -0.1) is 0 Å². The van der Waals surface area contributed by atoms with Crippen LogP contribution >= 0.6 is 0 Å². The minimum atomic E-state index is -0.782. The molecule has 3 rings (SSSR count). The monoisotopic (exact) mass is 332 g/mol. The van der Waals surface area contributed by atoms with Crippen LogP contribution in [0.3, 0.4) is 0 Å². The van der Waals surface area contributed by atoms with Crippen molar-refractivity contribution in [3.8, 4) is 0 Å². The van der Waals surface area contributed by atoms with Gasteiger partial charge in [-0.2, -0.15) is 0 Å². The summed E-state index contributed by atoms with van der Waals surface area (Å²) in [4.78, 5) is 12.0. The van der Waals surface area contributed by atoms with Crippen LogP contribution in [0.25, 0.3) is 0 Å². The Balaban J connectivity index is 1.84. The number of allylic oxidation sites excluding steroid dienone is 3. The molecule has 0 saturated carbocycles. The second-order valence-electron chi connectivity index (χ2n) is 7.68. The lowest BCUT2D eigenvalue weighted by Gasteiger charge is -2.24. The molecule has 0 amide bonds. The van der Waals surface area contributed by atoms with Crippen LogP contribution in [0.15, 0.2) is 35.5 Å². The van der Waals surface area contributed by atoms with Gasteiger partial charge in [-0.25, -0.2) is 4.79 Å². The van der Waals surface area contributed by atoms with Crippen molar-refractivity contribution in [3.63, 3.8) is 0 Å². The summed E-state index contributed by atoms with van der Waals surface area (Å²) in [7, 11) is 0. The predicted molar refractivity (Wildman–Crippen MR) is 92.4 cm³/mol. The molecular formula is C20H28O4. The number of ether oxygens (including phenoxy) is 2. The summed E-state index contributed by atoms with van der Waals surface area (Å²) in [5.41, 5.74) is 2.56. The van der Waals surface area contributed by atoms with E-state index in [1.165, 1.54) is 5.57 Å². The van der Waals surface area contributed by atoms with Crippen LogP contribution in [0.2, 0.25) is 0 Å². The summed E-state index contributed by atoms with van der Waals surface area (Å²) >= 11 is 0. The zero-order valence-electron chi connectivity index (χ0n) is 14.9. The molecule has 132 valence electrons. The molecule has 2 saturated heterocycles. The summed E-state index contributed by atoms with van der Waals surface area (Å²) < 4.78 is 11.4. The van der Waals surface area contributed by atoms with Gasteiger partial charge in [0, 0.05) is 11.5 Å². The van der Waals surface area contributed by atoms with Gasteiger partial charge in [-0.1, -0.05) is 24.3 Å². The Hall–Kier alpha value is -1.39. The number of hydrogen-bond acceptors (Lipinski definition) is 4. The van der Waals surface area contributed by atoms with Crippen molar-refractivity contribution in [2.45, 2.75) is 76.8 Å². The maximum atomic E-state index is 12.0. The van der Waals surface area contributed by atoms with Crippen molar-refractivity contribution in [2.24, 2.45) is 5.92 Å². The topological polar surface area (TPSA) is 59.1 Å². The Morgan fingerprint density at radius 3 is 2.79 bits per heavy atom. The molecule has 24 heavy (non-hydrogen) atoms. The Morgan fingerprint density at radius 2 is 2.04 bits per heavy atom. The normalized spacial score (nSPS) is 45.0. The molecule has 0 aromatic carbocycles. The molecule has 4 heteroatoms. The van der Waals surface area contributed by atoms with E-state index in [9.17, 15) is 9.90 Å². The van der Waals surface area contributed by atoms with Crippen molar-refractivity contribution in [3.05, 3.63) is 35.5 Å². The highest BCUT2D eigenvalue weighted by Crippen LogP contribution is 2.47. The first-order valence-corrected chi connectivity index (χ1v) is 8.90. The zero-order valence-corrected chi connectivity index (χ0v) is 14.9. The second kappa shape index (κ2) is 6.49. The minimum Gasteiger partial charge on any atom is -0.455 e. The fourth-order valence-electron chi connectivity index (χ4n) is 3.85. The Labute approximate surface area is 144 Å². The summed E-state index contributed by atoms with van der Waals surface area (Å²) in [6.45, 7) is 10.1. The van der Waals surface area contributed by atoms with Gasteiger partial charge in [0.05, 0.1) is 11.7 Å². The number of rotatable bonds is 0. The highest BCUT2D eigenvalue weighted by molar-refractivity contribution is 5.91. The van der Waals surface area contributed by atoms with E-state index < -0.39 is 12.2 Å². The fourth-order valence-corrected chi connectivity index (χ4v) is 3.85. The van der Waals surface area contributed by atoms with Crippen LogP contribution in [-0.2, 0) is 14.3 Å². The SMILES string of the molecule is C=C1C(=O)O[C@@H]2[C@@H]1C[C@@H]1O[C@]1(C)CC/C=C(\C)CC/C=C(/C)[C@@H]2O. The van der Waals surface area contributed by atoms with E-state index in [1.807, 2.05) is 6.92 Å². The van der Waals surface area contributed by atoms with Gasteiger partial charge < -0.3 is 14.6 Å². The van der Waals surface area contributed by atoms with E-state index in [-0.39, 0.29) is 23.6 Å². The molecule has 0 radical (unpaired) electrons. The standard InChI is InChI=1S/C20H28O4/c1-12-7-5-9-13(2)17(21)18-15(14(3)19(22)23-18)11-16-20(4,24-16)10-6-8-12/h8-9,15-18,21H,3,5-7,10-11H2,1-2,4H3/b12-8+,13-9-/t15-,16+,17+,18-,20-/m1/s1. The van der Waals surface area contributed by atoms with Crippen molar-refractivity contribution >= 4 is 5.97 Å². The van der Waals surface area contributed by atoms with E-state index in [4.69, 9.17) is 9.47 Å². The lowest BCUT2D eigenvalue weighted by molar-refractivity contribution is -0.142. The minimum absolute atomic E-state index is 0.101. The largest absolute Gasteiger partial charge is 0.455 e. The number of epoxide rings is 1. The van der Waals surface area contributed by atoms with Gasteiger partial charge in [0.2, 0.25) is 0 Å². The van der Waals surface area contributed by atoms with Crippen molar-refractivity contribution in [2.75, 3.05) is 0 Å². The van der Waals surface area contributed by atoms with Gasteiger partial charge in [0.25, 0.3) is 0 Å². The molecule has 3 aliphatic rings. The molecule has 0 spiro atoms. The lowest BCUT2D eigenvalue weighted by Crippen LogP contribution is -2.33. The number of carbonyl (C=O) groups excluding carboxylic acids is 1. The van der Waals surface area contributed by atoms with E-state index in [1.54, 1.807) is 0 Å². The average Bonchev–Trinajstić information content (AvgIpc) is 3.08. The van der Waals surface area contributed by atoms with E-state index >= 15 is 0 Å². The molecule has 1 aliphatic carbocycles. The molecule has 4 nitrogen and oxygen atoms in total. The number of aliphatic hydroxyl groups excluding tert-OH is 1. The number of hydrogen-bond donors (Lipinski definition) is 1. The molecule has 0 bridgehead atoms. The molecule has 0 unspecified atom stereocenters. The van der Waals surface area contributed by atoms with Crippen molar-refractivity contribution in [1.82, 2.24) is 0 Å².